The summed E-state index contributed by atoms with van der Waals surface area (Å²) in [6.07, 6.45) is 4.65. The highest BCUT2D eigenvalue weighted by molar-refractivity contribution is 5.66. The maximum absolute atomic E-state index is 13.7. The number of hydrogen-bond acceptors (Lipinski definition) is 5. The number of rotatable bonds is 6. The molecule has 3 heterocycles. The highest BCUT2D eigenvalue weighted by Gasteiger charge is 2.12. The van der Waals surface area contributed by atoms with Gasteiger partial charge in [0.05, 0.1) is 12.8 Å². The Hall–Kier alpha value is -3.81. The molecule has 0 spiro atoms. The lowest BCUT2D eigenvalue weighted by Gasteiger charge is -2.11. The first-order valence-electron chi connectivity index (χ1n) is 8.72. The van der Waals surface area contributed by atoms with Crippen LogP contribution in [0.3, 0.4) is 0 Å². The van der Waals surface area contributed by atoms with E-state index in [9.17, 15) is 8.78 Å². The summed E-state index contributed by atoms with van der Waals surface area (Å²) in [4.78, 5) is 15.2. The van der Waals surface area contributed by atoms with Gasteiger partial charge in [0.1, 0.15) is 23.9 Å². The Morgan fingerprint density at radius 2 is 1.86 bits per heavy atom. The minimum absolute atomic E-state index is 0.0213. The van der Waals surface area contributed by atoms with Crippen LogP contribution in [0.2, 0.25) is 0 Å². The minimum Gasteiger partial charge on any atom is -0.493 e. The monoisotopic (exact) mass is 394 g/mol. The predicted octanol–water partition coefficient (Wildman–Crippen LogP) is 4.40. The van der Waals surface area contributed by atoms with Gasteiger partial charge in [0.25, 0.3) is 0 Å². The first-order chi connectivity index (χ1) is 14.1. The molecular weight excluding hydrogens is 378 g/mol. The van der Waals surface area contributed by atoms with Crippen molar-refractivity contribution in [1.29, 1.82) is 0 Å². The fourth-order valence-corrected chi connectivity index (χ4v) is 2.75. The molecule has 0 aliphatic rings. The Kier molecular flexibility index (Phi) is 5.15. The molecule has 4 aromatic rings. The van der Waals surface area contributed by atoms with Gasteiger partial charge >= 0.3 is 0 Å². The SMILES string of the molecule is COc1cc(-c2c[nH]c(-c3ccc(F)nc3)n2)ccc1OCc1ncccc1F. The van der Waals surface area contributed by atoms with Gasteiger partial charge in [-0.05, 0) is 42.5 Å². The molecule has 6 nitrogen and oxygen atoms in total. The van der Waals surface area contributed by atoms with Gasteiger partial charge in [-0.2, -0.15) is 4.39 Å². The first-order valence-corrected chi connectivity index (χ1v) is 8.72. The van der Waals surface area contributed by atoms with E-state index in [0.717, 1.165) is 5.56 Å². The van der Waals surface area contributed by atoms with E-state index in [-0.39, 0.29) is 12.3 Å². The van der Waals surface area contributed by atoms with Gasteiger partial charge in [0.15, 0.2) is 11.5 Å². The summed E-state index contributed by atoms with van der Waals surface area (Å²) in [5, 5.41) is 0. The quantitative estimate of drug-likeness (QED) is 0.491. The number of ether oxygens (including phenoxy) is 2. The molecule has 146 valence electrons. The van der Waals surface area contributed by atoms with Crippen molar-refractivity contribution < 1.29 is 18.3 Å². The van der Waals surface area contributed by atoms with Gasteiger partial charge < -0.3 is 14.5 Å². The third kappa shape index (κ3) is 4.06. The molecule has 0 fully saturated rings. The lowest BCUT2D eigenvalue weighted by molar-refractivity contribution is 0.275. The van der Waals surface area contributed by atoms with E-state index in [4.69, 9.17) is 9.47 Å². The van der Waals surface area contributed by atoms with Crippen LogP contribution in [0.15, 0.2) is 61.1 Å². The third-order valence-corrected chi connectivity index (χ3v) is 4.24. The van der Waals surface area contributed by atoms with Crippen molar-refractivity contribution in [3.8, 4) is 34.1 Å². The molecule has 0 radical (unpaired) electrons. The van der Waals surface area contributed by atoms with E-state index in [0.29, 0.717) is 28.6 Å². The summed E-state index contributed by atoms with van der Waals surface area (Å²) in [5.74, 6) is 0.526. The Morgan fingerprint density at radius 3 is 2.62 bits per heavy atom. The van der Waals surface area contributed by atoms with E-state index in [1.54, 1.807) is 24.4 Å². The average Bonchev–Trinajstić information content (AvgIpc) is 3.24. The zero-order valence-corrected chi connectivity index (χ0v) is 15.4. The Labute approximate surface area is 165 Å². The number of benzene rings is 1. The van der Waals surface area contributed by atoms with E-state index >= 15 is 0 Å². The van der Waals surface area contributed by atoms with Gasteiger partial charge in [-0.25, -0.2) is 14.4 Å². The number of aromatic amines is 1. The fourth-order valence-electron chi connectivity index (χ4n) is 2.75. The molecule has 0 bridgehead atoms. The van der Waals surface area contributed by atoms with E-state index in [2.05, 4.69) is 19.9 Å². The second kappa shape index (κ2) is 8.05. The Morgan fingerprint density at radius 1 is 1.00 bits per heavy atom. The highest BCUT2D eigenvalue weighted by Crippen LogP contribution is 2.33. The predicted molar refractivity (Wildman–Crippen MR) is 102 cm³/mol. The smallest absolute Gasteiger partial charge is 0.212 e. The summed E-state index contributed by atoms with van der Waals surface area (Å²) >= 11 is 0. The summed E-state index contributed by atoms with van der Waals surface area (Å²) < 4.78 is 37.8. The lowest BCUT2D eigenvalue weighted by Crippen LogP contribution is -2.02. The molecule has 0 unspecified atom stereocenters. The molecule has 3 aromatic heterocycles. The van der Waals surface area contributed by atoms with Crippen LogP contribution in [0.5, 0.6) is 11.5 Å². The van der Waals surface area contributed by atoms with Crippen LogP contribution < -0.4 is 9.47 Å². The second-order valence-electron chi connectivity index (χ2n) is 6.09. The second-order valence-corrected chi connectivity index (χ2v) is 6.09. The number of halogens is 2. The molecule has 0 saturated carbocycles. The third-order valence-electron chi connectivity index (χ3n) is 4.24. The van der Waals surface area contributed by atoms with Crippen LogP contribution in [0, 0.1) is 11.8 Å². The normalized spacial score (nSPS) is 10.7. The standard InChI is InChI=1S/C21H16F2N4O2/c1-28-19-9-13(4-6-18(19)29-12-17-15(22)3-2-8-24-17)16-11-26-21(27-16)14-5-7-20(23)25-10-14/h2-11H,12H2,1H3,(H,26,27). The van der Waals surface area contributed by atoms with Crippen molar-refractivity contribution in [1.82, 2.24) is 19.9 Å². The average molecular weight is 394 g/mol. The maximum Gasteiger partial charge on any atom is 0.212 e. The number of hydrogen-bond donors (Lipinski definition) is 1. The van der Waals surface area contributed by atoms with E-state index in [1.807, 2.05) is 6.07 Å². The molecular formula is C21H16F2N4O2. The van der Waals surface area contributed by atoms with Crippen LogP contribution in [-0.2, 0) is 6.61 Å². The van der Waals surface area contributed by atoms with Gasteiger partial charge in [0, 0.05) is 29.7 Å². The summed E-state index contributed by atoms with van der Waals surface area (Å²) in [6, 6.07) is 11.0. The van der Waals surface area contributed by atoms with Gasteiger partial charge in [-0.3, -0.25) is 4.98 Å². The highest BCUT2D eigenvalue weighted by atomic mass is 19.1. The molecule has 1 aromatic carbocycles. The van der Waals surface area contributed by atoms with Crippen LogP contribution in [-0.4, -0.2) is 27.0 Å². The van der Waals surface area contributed by atoms with Gasteiger partial charge in [-0.1, -0.05) is 0 Å². The Balaban J connectivity index is 1.55. The largest absolute Gasteiger partial charge is 0.493 e. The molecule has 0 aliphatic carbocycles. The van der Waals surface area contributed by atoms with Crippen LogP contribution in [0.25, 0.3) is 22.6 Å². The molecule has 29 heavy (non-hydrogen) atoms. The zero-order valence-electron chi connectivity index (χ0n) is 15.4. The number of pyridine rings is 2. The Bertz CT molecular complexity index is 1130. The summed E-state index contributed by atoms with van der Waals surface area (Å²) in [6.45, 7) is -0.0213. The molecule has 0 saturated heterocycles. The number of aromatic nitrogens is 4. The van der Waals surface area contributed by atoms with Crippen molar-refractivity contribution in [2.45, 2.75) is 6.61 Å². The summed E-state index contributed by atoms with van der Waals surface area (Å²) in [7, 11) is 1.52. The topological polar surface area (TPSA) is 72.9 Å². The first kappa shape index (κ1) is 18.5. The number of methoxy groups -OCH3 is 1. The molecule has 8 heteroatoms. The van der Waals surface area contributed by atoms with Gasteiger partial charge in [0.2, 0.25) is 5.95 Å². The molecule has 4 rings (SSSR count). The fraction of sp³-hybridized carbons (Fsp3) is 0.0952. The molecule has 0 amide bonds. The van der Waals surface area contributed by atoms with Crippen LogP contribution >= 0.6 is 0 Å². The van der Waals surface area contributed by atoms with E-state index in [1.165, 1.54) is 37.7 Å². The van der Waals surface area contributed by atoms with Crippen molar-refractivity contribution in [3.63, 3.8) is 0 Å². The van der Waals surface area contributed by atoms with E-state index < -0.39 is 11.8 Å². The molecule has 1 N–H and O–H groups in total. The van der Waals surface area contributed by atoms with Crippen molar-refractivity contribution >= 4 is 0 Å². The molecule has 0 aliphatic heterocycles. The lowest BCUT2D eigenvalue weighted by atomic mass is 10.1. The number of nitrogens with zero attached hydrogens (tertiary/aromatic N) is 3. The maximum atomic E-state index is 13.7. The molecule has 0 atom stereocenters. The number of nitrogens with one attached hydrogen (secondary N) is 1. The van der Waals surface area contributed by atoms with Crippen molar-refractivity contribution in [2.75, 3.05) is 7.11 Å². The van der Waals surface area contributed by atoms with Gasteiger partial charge in [-0.15, -0.1) is 0 Å². The number of imidazole rings is 1. The van der Waals surface area contributed by atoms with Crippen molar-refractivity contribution in [2.24, 2.45) is 0 Å². The van der Waals surface area contributed by atoms with Crippen molar-refractivity contribution in [3.05, 3.63) is 78.5 Å². The van der Waals surface area contributed by atoms with Crippen LogP contribution in [0.1, 0.15) is 5.69 Å². The minimum atomic E-state index is -0.550. The zero-order chi connectivity index (χ0) is 20.2. The van der Waals surface area contributed by atoms with Crippen LogP contribution in [0.4, 0.5) is 8.78 Å². The summed E-state index contributed by atoms with van der Waals surface area (Å²) in [5.41, 5.74) is 2.34. The number of H-pyrrole nitrogens is 1.